The Kier molecular flexibility index (Phi) is 6.16. The highest BCUT2D eigenvalue weighted by atomic mass is 16.5. The first-order chi connectivity index (χ1) is 18.2. The summed E-state index contributed by atoms with van der Waals surface area (Å²) in [4.78, 5) is 0. The summed E-state index contributed by atoms with van der Waals surface area (Å²) >= 11 is 0. The maximum Gasteiger partial charge on any atom is 0.161 e. The zero-order valence-electron chi connectivity index (χ0n) is 20.6. The number of benzene rings is 4. The van der Waals surface area contributed by atoms with Crippen molar-refractivity contribution in [2.75, 3.05) is 14.2 Å². The number of allylic oxidation sites excluding steroid dienone is 1. The Morgan fingerprint density at radius 1 is 0.579 bits per heavy atom. The lowest BCUT2D eigenvalue weighted by Crippen LogP contribution is -2.08. The van der Waals surface area contributed by atoms with Gasteiger partial charge >= 0.3 is 0 Å². The first-order valence-corrected chi connectivity index (χ1v) is 11.7. The Balaban J connectivity index is 1.84. The average molecular weight is 515 g/mol. The minimum atomic E-state index is -0.565. The van der Waals surface area contributed by atoms with Crippen molar-refractivity contribution in [3.8, 4) is 46.0 Å². The maximum absolute atomic E-state index is 11.1. The molecule has 0 aliphatic heterocycles. The number of phenolic OH excluding ortho intramolecular Hbond substituents is 6. The van der Waals surface area contributed by atoms with Crippen molar-refractivity contribution in [2.24, 2.45) is 0 Å². The highest BCUT2D eigenvalue weighted by Gasteiger charge is 2.41. The van der Waals surface area contributed by atoms with Crippen LogP contribution >= 0.6 is 0 Å². The van der Waals surface area contributed by atoms with E-state index in [1.165, 1.54) is 50.6 Å². The number of phenols is 6. The fourth-order valence-corrected chi connectivity index (χ4v) is 5.25. The molecule has 4 aromatic rings. The van der Waals surface area contributed by atoms with Gasteiger partial charge in [0.2, 0.25) is 0 Å². The second-order valence-electron chi connectivity index (χ2n) is 9.13. The van der Waals surface area contributed by atoms with Crippen LogP contribution in [0.3, 0.4) is 0 Å². The topological polar surface area (TPSA) is 140 Å². The number of fused-ring (bicyclic) bond motifs is 1. The molecule has 6 N–H and O–H groups in total. The fraction of sp³-hybridized carbons (Fsp3) is 0.133. The van der Waals surface area contributed by atoms with Crippen LogP contribution in [0.4, 0.5) is 0 Å². The quantitative estimate of drug-likeness (QED) is 0.208. The van der Waals surface area contributed by atoms with Crippen LogP contribution in [-0.2, 0) is 0 Å². The summed E-state index contributed by atoms with van der Waals surface area (Å²) in [6, 6.07) is 16.8. The zero-order valence-corrected chi connectivity index (χ0v) is 20.6. The molecule has 0 bridgehead atoms. The second-order valence-corrected chi connectivity index (χ2v) is 9.13. The van der Waals surface area contributed by atoms with Crippen LogP contribution in [0, 0.1) is 0 Å². The van der Waals surface area contributed by atoms with Crippen molar-refractivity contribution in [3.05, 3.63) is 94.5 Å². The normalized spacial score (nSPS) is 17.4. The van der Waals surface area contributed by atoms with Crippen molar-refractivity contribution < 1.29 is 40.1 Å². The van der Waals surface area contributed by atoms with Crippen molar-refractivity contribution in [2.45, 2.75) is 11.8 Å². The van der Waals surface area contributed by atoms with E-state index in [4.69, 9.17) is 9.47 Å². The highest BCUT2D eigenvalue weighted by Crippen LogP contribution is 2.59. The molecule has 38 heavy (non-hydrogen) atoms. The highest BCUT2D eigenvalue weighted by molar-refractivity contribution is 5.93. The lowest BCUT2D eigenvalue weighted by Gasteiger charge is -2.24. The van der Waals surface area contributed by atoms with Gasteiger partial charge in [0.15, 0.2) is 23.0 Å². The van der Waals surface area contributed by atoms with E-state index >= 15 is 0 Å². The first kappa shape index (κ1) is 24.7. The molecular weight excluding hydrogens is 488 g/mol. The van der Waals surface area contributed by atoms with Gasteiger partial charge in [-0.25, -0.2) is 0 Å². The molecular formula is C30H26O8. The van der Waals surface area contributed by atoms with E-state index in [-0.39, 0.29) is 46.0 Å². The minimum Gasteiger partial charge on any atom is -0.508 e. The Bertz CT molecular complexity index is 1550. The largest absolute Gasteiger partial charge is 0.508 e. The SMILES string of the molecule is COc1cc(C=C2c3cc(O)cc(O)c3[C@H](c3ccc(O)c(OC)c3)[C@H]2c2cc(O)cc(O)c2)ccc1O. The summed E-state index contributed by atoms with van der Waals surface area (Å²) < 4.78 is 10.6. The molecule has 1 aliphatic rings. The zero-order chi connectivity index (χ0) is 27.1. The van der Waals surface area contributed by atoms with Gasteiger partial charge in [0, 0.05) is 29.5 Å². The van der Waals surface area contributed by atoms with Crippen molar-refractivity contribution >= 4 is 11.6 Å². The third-order valence-electron chi connectivity index (χ3n) is 6.81. The van der Waals surface area contributed by atoms with Crippen molar-refractivity contribution in [3.63, 3.8) is 0 Å². The Morgan fingerprint density at radius 2 is 1.18 bits per heavy atom. The number of hydrogen-bond acceptors (Lipinski definition) is 8. The summed E-state index contributed by atoms with van der Waals surface area (Å²) in [7, 11) is 2.88. The van der Waals surface area contributed by atoms with E-state index in [0.717, 1.165) is 0 Å². The van der Waals surface area contributed by atoms with Gasteiger partial charge in [-0.1, -0.05) is 18.2 Å². The number of hydrogen-bond donors (Lipinski definition) is 6. The third-order valence-corrected chi connectivity index (χ3v) is 6.81. The monoisotopic (exact) mass is 514 g/mol. The van der Waals surface area contributed by atoms with Crippen LogP contribution < -0.4 is 9.47 Å². The predicted octanol–water partition coefficient (Wildman–Crippen LogP) is 5.41. The number of methoxy groups -OCH3 is 2. The van der Waals surface area contributed by atoms with Crippen molar-refractivity contribution in [1.82, 2.24) is 0 Å². The molecule has 5 rings (SSSR count). The van der Waals surface area contributed by atoms with E-state index in [9.17, 15) is 30.6 Å². The van der Waals surface area contributed by atoms with Crippen LogP contribution in [0.5, 0.6) is 46.0 Å². The molecule has 0 spiro atoms. The lowest BCUT2D eigenvalue weighted by atomic mass is 9.79. The van der Waals surface area contributed by atoms with E-state index < -0.39 is 11.8 Å². The average Bonchev–Trinajstić information content (AvgIpc) is 3.19. The van der Waals surface area contributed by atoms with Crippen LogP contribution in [0.15, 0.2) is 66.7 Å². The second kappa shape index (κ2) is 9.48. The molecule has 0 unspecified atom stereocenters. The molecule has 1 aliphatic carbocycles. The van der Waals surface area contributed by atoms with Gasteiger partial charge in [0.25, 0.3) is 0 Å². The van der Waals surface area contributed by atoms with Crippen LogP contribution in [0.1, 0.15) is 39.7 Å². The Morgan fingerprint density at radius 3 is 1.84 bits per heavy atom. The van der Waals surface area contributed by atoms with Gasteiger partial charge in [-0.2, -0.15) is 0 Å². The van der Waals surface area contributed by atoms with E-state index in [1.807, 2.05) is 6.08 Å². The third kappa shape index (κ3) is 4.26. The van der Waals surface area contributed by atoms with Gasteiger partial charge < -0.3 is 40.1 Å². The van der Waals surface area contributed by atoms with E-state index in [0.29, 0.717) is 33.4 Å². The maximum atomic E-state index is 11.1. The minimum absolute atomic E-state index is 0.0275. The smallest absolute Gasteiger partial charge is 0.161 e. The molecule has 0 heterocycles. The van der Waals surface area contributed by atoms with Gasteiger partial charge in [0.05, 0.1) is 14.2 Å². The molecule has 0 radical (unpaired) electrons. The summed E-state index contributed by atoms with van der Waals surface area (Å²) in [5.74, 6) is -1.27. The number of rotatable bonds is 5. The molecule has 2 atom stereocenters. The van der Waals surface area contributed by atoms with Crippen LogP contribution in [0.25, 0.3) is 11.6 Å². The molecule has 8 nitrogen and oxygen atoms in total. The summed E-state index contributed by atoms with van der Waals surface area (Å²) in [6.45, 7) is 0. The summed E-state index contributed by atoms with van der Waals surface area (Å²) in [5, 5.41) is 62.5. The first-order valence-electron chi connectivity index (χ1n) is 11.7. The molecule has 0 saturated carbocycles. The molecule has 0 aromatic heterocycles. The summed E-state index contributed by atoms with van der Waals surface area (Å²) in [6.07, 6.45) is 1.84. The molecule has 8 heteroatoms. The van der Waals surface area contributed by atoms with Gasteiger partial charge in [-0.05, 0) is 70.3 Å². The van der Waals surface area contributed by atoms with E-state index in [1.54, 1.807) is 30.3 Å². The molecule has 4 aromatic carbocycles. The molecule has 194 valence electrons. The van der Waals surface area contributed by atoms with Crippen LogP contribution in [0.2, 0.25) is 0 Å². The number of aromatic hydroxyl groups is 6. The van der Waals surface area contributed by atoms with Gasteiger partial charge in [-0.3, -0.25) is 0 Å². The standard InChI is InChI=1S/C30H26O8/c1-37-26-8-15(3-5-23(26)34)7-21-22-13-20(33)14-25(36)30(22)29(16-4-6-24(35)27(11-16)38-2)28(21)17-9-18(31)12-19(32)10-17/h3-14,28-29,31-36H,1-2H3/t28-,29+/m0/s1. The molecule has 0 fully saturated rings. The Labute approximate surface area is 218 Å². The van der Waals surface area contributed by atoms with Gasteiger partial charge in [-0.15, -0.1) is 0 Å². The van der Waals surface area contributed by atoms with Crippen molar-refractivity contribution in [1.29, 1.82) is 0 Å². The Hall–Kier alpha value is -4.98. The predicted molar refractivity (Wildman–Crippen MR) is 141 cm³/mol. The number of ether oxygens (including phenoxy) is 2. The van der Waals surface area contributed by atoms with Crippen LogP contribution in [-0.4, -0.2) is 44.9 Å². The fourth-order valence-electron chi connectivity index (χ4n) is 5.25. The van der Waals surface area contributed by atoms with E-state index in [2.05, 4.69) is 0 Å². The molecule has 0 amide bonds. The van der Waals surface area contributed by atoms with Gasteiger partial charge in [0.1, 0.15) is 23.0 Å². The molecule has 0 saturated heterocycles. The lowest BCUT2D eigenvalue weighted by molar-refractivity contribution is 0.372. The summed E-state index contributed by atoms with van der Waals surface area (Å²) in [5.41, 5.74) is 3.63.